The zero-order valence-electron chi connectivity index (χ0n) is 12.6. The molecule has 0 bridgehead atoms. The molecule has 1 atom stereocenters. The fraction of sp³-hybridized carbons (Fsp3) is 0.625. The highest BCUT2D eigenvalue weighted by atomic mass is 35.5. The summed E-state index contributed by atoms with van der Waals surface area (Å²) in [6, 6.07) is 7.80. The minimum absolute atomic E-state index is 0. The maximum atomic E-state index is 5.81. The van der Waals surface area contributed by atoms with E-state index >= 15 is 0 Å². The number of benzene rings is 1. The highest BCUT2D eigenvalue weighted by molar-refractivity contribution is 5.85. The van der Waals surface area contributed by atoms with E-state index in [0.717, 1.165) is 24.7 Å². The molecule has 0 saturated carbocycles. The minimum atomic E-state index is 0. The van der Waals surface area contributed by atoms with Crippen LogP contribution in [0, 0.1) is 5.41 Å². The molecule has 21 heavy (non-hydrogen) atoms. The molecular weight excluding hydrogens is 288 g/mol. The Morgan fingerprint density at radius 2 is 1.95 bits per heavy atom. The van der Waals surface area contributed by atoms with Gasteiger partial charge in [-0.25, -0.2) is 0 Å². The van der Waals surface area contributed by atoms with Gasteiger partial charge in [0.05, 0.1) is 7.11 Å². The van der Waals surface area contributed by atoms with Crippen molar-refractivity contribution < 1.29 is 9.47 Å². The first kappa shape index (κ1) is 16.4. The Labute approximate surface area is 133 Å². The number of nitrogens with one attached hydrogen (secondary N) is 1. The van der Waals surface area contributed by atoms with Crippen LogP contribution in [0.1, 0.15) is 12.8 Å². The molecule has 1 N–H and O–H groups in total. The Morgan fingerprint density at radius 3 is 2.62 bits per heavy atom. The van der Waals surface area contributed by atoms with Crippen molar-refractivity contribution in [2.75, 3.05) is 46.4 Å². The first-order chi connectivity index (χ1) is 9.80. The van der Waals surface area contributed by atoms with Crippen LogP contribution in [0.15, 0.2) is 24.3 Å². The van der Waals surface area contributed by atoms with Crippen LogP contribution in [-0.4, -0.2) is 51.3 Å². The average Bonchev–Trinajstić information content (AvgIpc) is 3.10. The molecule has 2 saturated heterocycles. The second kappa shape index (κ2) is 7.34. The summed E-state index contributed by atoms with van der Waals surface area (Å²) in [7, 11) is 1.68. The Balaban J connectivity index is 0.00000161. The van der Waals surface area contributed by atoms with E-state index in [-0.39, 0.29) is 12.4 Å². The van der Waals surface area contributed by atoms with Gasteiger partial charge in [-0.1, -0.05) is 0 Å². The number of halogens is 1. The highest BCUT2D eigenvalue weighted by Gasteiger charge is 2.39. The summed E-state index contributed by atoms with van der Waals surface area (Å²) in [6.07, 6.45) is 2.67. The van der Waals surface area contributed by atoms with Gasteiger partial charge in [0.2, 0.25) is 0 Å². The predicted octanol–water partition coefficient (Wildman–Crippen LogP) is 2.18. The molecule has 118 valence electrons. The van der Waals surface area contributed by atoms with Crippen molar-refractivity contribution in [3.05, 3.63) is 24.3 Å². The van der Waals surface area contributed by atoms with Crippen molar-refractivity contribution in [3.63, 3.8) is 0 Å². The van der Waals surface area contributed by atoms with Gasteiger partial charge in [-0.15, -0.1) is 12.4 Å². The SMILES string of the molecule is COc1ccc(OCCN2CCC3(CCNC3)C2)cc1.Cl. The lowest BCUT2D eigenvalue weighted by molar-refractivity contribution is 0.217. The summed E-state index contributed by atoms with van der Waals surface area (Å²) < 4.78 is 10.9. The number of hydrogen-bond donors (Lipinski definition) is 1. The summed E-state index contributed by atoms with van der Waals surface area (Å²) >= 11 is 0. The van der Waals surface area contributed by atoms with Crippen LogP contribution in [0.25, 0.3) is 0 Å². The largest absolute Gasteiger partial charge is 0.497 e. The summed E-state index contributed by atoms with van der Waals surface area (Å²) in [5.41, 5.74) is 0.556. The lowest BCUT2D eigenvalue weighted by atomic mass is 9.87. The van der Waals surface area contributed by atoms with Crippen molar-refractivity contribution >= 4 is 12.4 Å². The Bertz CT molecular complexity index is 432. The molecule has 2 aliphatic heterocycles. The van der Waals surface area contributed by atoms with Crippen molar-refractivity contribution in [1.82, 2.24) is 10.2 Å². The molecule has 1 aromatic carbocycles. The predicted molar refractivity (Wildman–Crippen MR) is 86.7 cm³/mol. The van der Waals surface area contributed by atoms with Crippen molar-refractivity contribution in [2.24, 2.45) is 5.41 Å². The third-order valence-electron chi connectivity index (χ3n) is 4.59. The maximum absolute atomic E-state index is 5.81. The monoisotopic (exact) mass is 312 g/mol. The normalized spacial score (nSPS) is 25.0. The van der Waals surface area contributed by atoms with E-state index in [1.54, 1.807) is 7.11 Å². The fourth-order valence-corrected chi connectivity index (χ4v) is 3.33. The second-order valence-electron chi connectivity index (χ2n) is 5.98. The van der Waals surface area contributed by atoms with Gasteiger partial charge in [0.25, 0.3) is 0 Å². The summed E-state index contributed by atoms with van der Waals surface area (Å²) in [5, 5.41) is 3.50. The quantitative estimate of drug-likeness (QED) is 0.903. The maximum Gasteiger partial charge on any atom is 0.119 e. The molecule has 2 aliphatic rings. The van der Waals surface area contributed by atoms with E-state index in [0.29, 0.717) is 5.41 Å². The van der Waals surface area contributed by atoms with E-state index in [1.165, 1.54) is 39.0 Å². The van der Waals surface area contributed by atoms with Crippen LogP contribution in [0.3, 0.4) is 0 Å². The molecule has 1 unspecified atom stereocenters. The van der Waals surface area contributed by atoms with Crippen LogP contribution in [0.5, 0.6) is 11.5 Å². The average molecular weight is 313 g/mol. The minimum Gasteiger partial charge on any atom is -0.497 e. The van der Waals surface area contributed by atoms with Crippen LogP contribution in [0.2, 0.25) is 0 Å². The van der Waals surface area contributed by atoms with Gasteiger partial charge in [-0.05, 0) is 55.6 Å². The van der Waals surface area contributed by atoms with Crippen LogP contribution in [0.4, 0.5) is 0 Å². The van der Waals surface area contributed by atoms with Gasteiger partial charge in [0.1, 0.15) is 18.1 Å². The molecule has 0 radical (unpaired) electrons. The van der Waals surface area contributed by atoms with E-state index in [4.69, 9.17) is 9.47 Å². The fourth-order valence-electron chi connectivity index (χ4n) is 3.33. The molecule has 4 nitrogen and oxygen atoms in total. The van der Waals surface area contributed by atoms with Gasteiger partial charge >= 0.3 is 0 Å². The van der Waals surface area contributed by atoms with Gasteiger partial charge in [0, 0.05) is 19.6 Å². The second-order valence-corrected chi connectivity index (χ2v) is 5.98. The van der Waals surface area contributed by atoms with Gasteiger partial charge in [-0.2, -0.15) is 0 Å². The van der Waals surface area contributed by atoms with Crippen molar-refractivity contribution in [3.8, 4) is 11.5 Å². The standard InChI is InChI=1S/C16H24N2O2.ClH/c1-19-14-2-4-15(5-3-14)20-11-10-18-9-7-16(13-18)6-8-17-12-16;/h2-5,17H,6-13H2,1H3;1H. The molecule has 0 amide bonds. The third kappa shape index (κ3) is 4.02. The number of ether oxygens (including phenoxy) is 2. The Morgan fingerprint density at radius 1 is 1.19 bits per heavy atom. The summed E-state index contributed by atoms with van der Waals surface area (Å²) in [6.45, 7) is 6.61. The first-order valence-corrected chi connectivity index (χ1v) is 7.50. The van der Waals surface area contributed by atoms with Crippen LogP contribution < -0.4 is 14.8 Å². The van der Waals surface area contributed by atoms with Crippen LogP contribution >= 0.6 is 12.4 Å². The van der Waals surface area contributed by atoms with Gasteiger partial charge < -0.3 is 14.8 Å². The zero-order valence-corrected chi connectivity index (χ0v) is 13.5. The first-order valence-electron chi connectivity index (χ1n) is 7.50. The highest BCUT2D eigenvalue weighted by Crippen LogP contribution is 2.35. The Kier molecular flexibility index (Phi) is 5.73. The molecule has 0 aliphatic carbocycles. The van der Waals surface area contributed by atoms with Crippen molar-refractivity contribution in [2.45, 2.75) is 12.8 Å². The number of rotatable bonds is 5. The van der Waals surface area contributed by atoms with E-state index in [1.807, 2.05) is 24.3 Å². The number of hydrogen-bond acceptors (Lipinski definition) is 4. The van der Waals surface area contributed by atoms with Gasteiger partial charge in [0.15, 0.2) is 0 Å². The lowest BCUT2D eigenvalue weighted by Gasteiger charge is -2.22. The molecule has 1 aromatic rings. The topological polar surface area (TPSA) is 33.7 Å². The lowest BCUT2D eigenvalue weighted by Crippen LogP contribution is -2.31. The molecule has 2 heterocycles. The van der Waals surface area contributed by atoms with Gasteiger partial charge in [-0.3, -0.25) is 4.90 Å². The molecule has 2 fully saturated rings. The molecule has 5 heteroatoms. The number of nitrogens with zero attached hydrogens (tertiary/aromatic N) is 1. The summed E-state index contributed by atoms with van der Waals surface area (Å²) in [4.78, 5) is 2.54. The van der Waals surface area contributed by atoms with Crippen LogP contribution in [-0.2, 0) is 0 Å². The molecule has 1 spiro atoms. The molecule has 3 rings (SSSR count). The van der Waals surface area contributed by atoms with Crippen molar-refractivity contribution in [1.29, 1.82) is 0 Å². The third-order valence-corrected chi connectivity index (χ3v) is 4.59. The van der Waals surface area contributed by atoms with E-state index in [9.17, 15) is 0 Å². The number of methoxy groups -OCH3 is 1. The number of likely N-dealkylation sites (tertiary alicyclic amines) is 1. The van der Waals surface area contributed by atoms with E-state index in [2.05, 4.69) is 10.2 Å². The zero-order chi connectivity index (χ0) is 13.8. The van der Waals surface area contributed by atoms with E-state index < -0.39 is 0 Å². The molecular formula is C16H25ClN2O2. The molecule has 0 aromatic heterocycles. The smallest absolute Gasteiger partial charge is 0.119 e. The Hall–Kier alpha value is -0.970. The summed E-state index contributed by atoms with van der Waals surface area (Å²) in [5.74, 6) is 1.79.